The zero-order valence-corrected chi connectivity index (χ0v) is 15.2. The van der Waals surface area contributed by atoms with Crippen molar-refractivity contribution >= 4 is 0 Å². The van der Waals surface area contributed by atoms with E-state index in [2.05, 4.69) is 38.1 Å². The summed E-state index contributed by atoms with van der Waals surface area (Å²) in [6, 6.07) is 8.81. The number of benzene rings is 1. The van der Waals surface area contributed by atoms with Crippen LogP contribution in [0.2, 0.25) is 0 Å². The SMILES string of the molecule is CC.CC(C)c1cccc(C2(N)CCCC3(CC2)OCCO3)c1. The molecule has 0 radical (unpaired) electrons. The monoisotopic (exact) mass is 319 g/mol. The molecule has 1 heterocycles. The van der Waals surface area contributed by atoms with Gasteiger partial charge >= 0.3 is 0 Å². The Hall–Kier alpha value is -0.900. The maximum Gasteiger partial charge on any atom is 0.168 e. The van der Waals surface area contributed by atoms with E-state index in [-0.39, 0.29) is 11.3 Å². The summed E-state index contributed by atoms with van der Waals surface area (Å²) in [5, 5.41) is 0. The molecule has 23 heavy (non-hydrogen) atoms. The number of ether oxygens (including phenoxy) is 2. The third kappa shape index (κ3) is 4.14. The Labute approximate surface area is 141 Å². The molecule has 3 heteroatoms. The molecule has 2 N–H and O–H groups in total. The lowest BCUT2D eigenvalue weighted by Gasteiger charge is -2.30. The second-order valence-electron chi connectivity index (χ2n) is 6.90. The smallest absolute Gasteiger partial charge is 0.168 e. The van der Waals surface area contributed by atoms with Crippen LogP contribution in [-0.4, -0.2) is 19.0 Å². The number of hydrogen-bond acceptors (Lipinski definition) is 3. The molecule has 1 unspecified atom stereocenters. The molecule has 0 aromatic heterocycles. The summed E-state index contributed by atoms with van der Waals surface area (Å²) in [5.74, 6) is 0.184. The van der Waals surface area contributed by atoms with Crippen molar-refractivity contribution in [1.82, 2.24) is 0 Å². The zero-order valence-electron chi connectivity index (χ0n) is 15.2. The minimum absolute atomic E-state index is 0.246. The van der Waals surface area contributed by atoms with E-state index in [1.165, 1.54) is 11.1 Å². The highest BCUT2D eigenvalue weighted by Crippen LogP contribution is 2.41. The average molecular weight is 319 g/mol. The van der Waals surface area contributed by atoms with E-state index < -0.39 is 0 Å². The third-order valence-electron chi connectivity index (χ3n) is 5.07. The molecule has 1 saturated heterocycles. The van der Waals surface area contributed by atoms with Crippen LogP contribution >= 0.6 is 0 Å². The highest BCUT2D eigenvalue weighted by molar-refractivity contribution is 5.31. The molecule has 2 fully saturated rings. The van der Waals surface area contributed by atoms with Crippen LogP contribution in [0.25, 0.3) is 0 Å². The topological polar surface area (TPSA) is 44.5 Å². The first-order chi connectivity index (χ1) is 11.0. The van der Waals surface area contributed by atoms with Crippen LogP contribution in [0.15, 0.2) is 24.3 Å². The van der Waals surface area contributed by atoms with Gasteiger partial charge in [-0.15, -0.1) is 0 Å². The van der Waals surface area contributed by atoms with Gasteiger partial charge in [0.25, 0.3) is 0 Å². The van der Waals surface area contributed by atoms with Gasteiger partial charge in [0.05, 0.1) is 13.2 Å². The van der Waals surface area contributed by atoms with Gasteiger partial charge in [-0.2, -0.15) is 0 Å². The van der Waals surface area contributed by atoms with Gasteiger partial charge in [-0.05, 0) is 36.3 Å². The fourth-order valence-corrected chi connectivity index (χ4v) is 3.62. The molecule has 130 valence electrons. The van der Waals surface area contributed by atoms with Gasteiger partial charge in [0.15, 0.2) is 5.79 Å². The molecule has 1 aliphatic carbocycles. The van der Waals surface area contributed by atoms with Crippen molar-refractivity contribution in [1.29, 1.82) is 0 Å². The molecule has 1 saturated carbocycles. The van der Waals surface area contributed by atoms with Gasteiger partial charge in [0.2, 0.25) is 0 Å². The number of rotatable bonds is 2. The van der Waals surface area contributed by atoms with E-state index in [1.807, 2.05) is 13.8 Å². The number of nitrogens with two attached hydrogens (primary N) is 1. The second kappa shape index (κ2) is 7.78. The minimum Gasteiger partial charge on any atom is -0.348 e. The van der Waals surface area contributed by atoms with E-state index in [0.717, 1.165) is 45.3 Å². The lowest BCUT2D eigenvalue weighted by atomic mass is 9.82. The van der Waals surface area contributed by atoms with Crippen molar-refractivity contribution in [2.75, 3.05) is 13.2 Å². The van der Waals surface area contributed by atoms with E-state index in [4.69, 9.17) is 15.2 Å². The van der Waals surface area contributed by atoms with Crippen LogP contribution in [0.4, 0.5) is 0 Å². The molecule has 1 spiro atoms. The van der Waals surface area contributed by atoms with E-state index >= 15 is 0 Å². The standard InChI is InChI=1S/C18H27NO2.C2H6/c1-14(2)15-5-3-6-16(13-15)17(19)7-4-8-18(10-9-17)20-11-12-21-18;1-2/h3,5-6,13-14H,4,7-12,19H2,1-2H3;1-2H3. The predicted molar refractivity (Wildman–Crippen MR) is 95.5 cm³/mol. The molecule has 1 aliphatic heterocycles. The van der Waals surface area contributed by atoms with Crippen LogP contribution in [0.1, 0.15) is 76.8 Å². The van der Waals surface area contributed by atoms with E-state index in [0.29, 0.717) is 5.92 Å². The van der Waals surface area contributed by atoms with Crippen molar-refractivity contribution in [2.45, 2.75) is 77.0 Å². The minimum atomic E-state index is -0.350. The zero-order chi connectivity index (χ0) is 16.9. The highest BCUT2D eigenvalue weighted by Gasteiger charge is 2.42. The Morgan fingerprint density at radius 2 is 1.70 bits per heavy atom. The first kappa shape index (κ1) is 18.4. The summed E-state index contributed by atoms with van der Waals surface area (Å²) < 4.78 is 11.7. The fraction of sp³-hybridized carbons (Fsp3) is 0.700. The van der Waals surface area contributed by atoms with E-state index in [1.54, 1.807) is 0 Å². The molecule has 1 atom stereocenters. The lowest BCUT2D eigenvalue weighted by molar-refractivity contribution is -0.165. The maximum atomic E-state index is 6.79. The largest absolute Gasteiger partial charge is 0.348 e. The summed E-state index contributed by atoms with van der Waals surface area (Å²) >= 11 is 0. The van der Waals surface area contributed by atoms with Crippen LogP contribution in [-0.2, 0) is 15.0 Å². The Kier molecular flexibility index (Phi) is 6.24. The molecule has 1 aromatic rings. The van der Waals surface area contributed by atoms with Crippen LogP contribution < -0.4 is 5.73 Å². The summed E-state index contributed by atoms with van der Waals surface area (Å²) in [4.78, 5) is 0. The third-order valence-corrected chi connectivity index (χ3v) is 5.07. The van der Waals surface area contributed by atoms with Crippen molar-refractivity contribution in [3.05, 3.63) is 35.4 Å². The van der Waals surface area contributed by atoms with Crippen molar-refractivity contribution in [3.63, 3.8) is 0 Å². The summed E-state index contributed by atoms with van der Waals surface area (Å²) in [6.45, 7) is 9.90. The Morgan fingerprint density at radius 1 is 1.00 bits per heavy atom. The molecular weight excluding hydrogens is 286 g/mol. The van der Waals surface area contributed by atoms with Gasteiger partial charge in [-0.1, -0.05) is 52.0 Å². The Bertz CT molecular complexity index is 494. The normalized spacial score (nSPS) is 26.7. The Balaban J connectivity index is 0.000000924. The average Bonchev–Trinajstić information content (AvgIpc) is 2.97. The summed E-state index contributed by atoms with van der Waals surface area (Å²) in [5.41, 5.74) is 9.18. The van der Waals surface area contributed by atoms with Gasteiger partial charge in [-0.25, -0.2) is 0 Å². The van der Waals surface area contributed by atoms with E-state index in [9.17, 15) is 0 Å². The molecule has 2 aliphatic rings. The molecule has 3 rings (SSSR count). The van der Waals surface area contributed by atoms with Crippen LogP contribution in [0.3, 0.4) is 0 Å². The number of hydrogen-bond donors (Lipinski definition) is 1. The van der Waals surface area contributed by atoms with Gasteiger partial charge in [0.1, 0.15) is 0 Å². The fourth-order valence-electron chi connectivity index (χ4n) is 3.62. The predicted octanol–water partition coefficient (Wildman–Crippen LogP) is 4.70. The maximum absolute atomic E-state index is 6.79. The quantitative estimate of drug-likeness (QED) is 0.859. The summed E-state index contributed by atoms with van der Waals surface area (Å²) in [6.07, 6.45) is 4.85. The summed E-state index contributed by atoms with van der Waals surface area (Å²) in [7, 11) is 0. The molecule has 0 amide bonds. The highest BCUT2D eigenvalue weighted by atomic mass is 16.7. The lowest BCUT2D eigenvalue weighted by Crippen LogP contribution is -2.37. The van der Waals surface area contributed by atoms with Gasteiger partial charge < -0.3 is 15.2 Å². The first-order valence-corrected chi connectivity index (χ1v) is 9.20. The van der Waals surface area contributed by atoms with Crippen molar-refractivity contribution < 1.29 is 9.47 Å². The van der Waals surface area contributed by atoms with Crippen molar-refractivity contribution in [3.8, 4) is 0 Å². The molecular formula is C20H33NO2. The van der Waals surface area contributed by atoms with Gasteiger partial charge in [0, 0.05) is 18.4 Å². The molecule has 0 bridgehead atoms. The van der Waals surface area contributed by atoms with Crippen LogP contribution in [0, 0.1) is 0 Å². The van der Waals surface area contributed by atoms with Gasteiger partial charge in [-0.3, -0.25) is 0 Å². The first-order valence-electron chi connectivity index (χ1n) is 9.20. The van der Waals surface area contributed by atoms with Crippen molar-refractivity contribution in [2.24, 2.45) is 5.73 Å². The second-order valence-corrected chi connectivity index (χ2v) is 6.90. The van der Waals surface area contributed by atoms with Crippen LogP contribution in [0.5, 0.6) is 0 Å². The molecule has 1 aromatic carbocycles. The molecule has 3 nitrogen and oxygen atoms in total. The Morgan fingerprint density at radius 3 is 2.35 bits per heavy atom.